The number of carbonyl (C=O) groups excluding carboxylic acids is 2. The maximum atomic E-state index is 12.3. The first kappa shape index (κ1) is 16.5. The summed E-state index contributed by atoms with van der Waals surface area (Å²) in [7, 11) is 3.33. The number of hydrogen-bond acceptors (Lipinski definition) is 3. The molecule has 1 aliphatic rings. The van der Waals surface area contributed by atoms with E-state index in [1.165, 1.54) is 4.90 Å². The number of rotatable bonds is 4. The maximum absolute atomic E-state index is 12.3. The predicted octanol–water partition coefficient (Wildman–Crippen LogP) is 3.18. The van der Waals surface area contributed by atoms with Crippen LogP contribution >= 0.6 is 11.6 Å². The van der Waals surface area contributed by atoms with Crippen LogP contribution in [-0.4, -0.2) is 35.8 Å². The second kappa shape index (κ2) is 6.61. The third kappa shape index (κ3) is 3.41. The van der Waals surface area contributed by atoms with Crippen LogP contribution in [-0.2, 0) is 4.79 Å². The lowest BCUT2D eigenvalue weighted by Crippen LogP contribution is -2.22. The van der Waals surface area contributed by atoms with E-state index >= 15 is 0 Å². The summed E-state index contributed by atoms with van der Waals surface area (Å²) in [5.74, 6) is -0.0249. The van der Waals surface area contributed by atoms with Crippen molar-refractivity contribution < 1.29 is 9.59 Å². The molecule has 0 spiro atoms. The van der Waals surface area contributed by atoms with E-state index in [1.807, 2.05) is 12.1 Å². The maximum Gasteiger partial charge on any atom is 0.254 e. The first-order valence-electron chi connectivity index (χ1n) is 7.69. The van der Waals surface area contributed by atoms with Crippen molar-refractivity contribution in [3.05, 3.63) is 58.9 Å². The molecule has 1 aromatic heterocycles. The second-order valence-corrected chi connectivity index (χ2v) is 6.53. The van der Waals surface area contributed by atoms with Crippen LogP contribution in [0.15, 0.2) is 42.7 Å². The Hall–Kier alpha value is -2.40. The van der Waals surface area contributed by atoms with Gasteiger partial charge < -0.3 is 10.2 Å². The largest absolute Gasteiger partial charge is 0.345 e. The highest BCUT2D eigenvalue weighted by Gasteiger charge is 2.44. The predicted molar refractivity (Wildman–Crippen MR) is 93.2 cm³/mol. The average molecular weight is 344 g/mol. The van der Waals surface area contributed by atoms with E-state index in [4.69, 9.17) is 11.6 Å². The minimum Gasteiger partial charge on any atom is -0.345 e. The van der Waals surface area contributed by atoms with Crippen molar-refractivity contribution in [2.24, 2.45) is 5.92 Å². The first-order valence-corrected chi connectivity index (χ1v) is 8.07. The number of carbonyl (C=O) groups is 2. The monoisotopic (exact) mass is 343 g/mol. The standard InChI is InChI=1S/C18H18ClN3O2/c1-22(2)18(24)13-6-5-12(8-16(13)19)21-17(23)15-9-14(15)11-4-3-7-20-10-11/h3-8,10,14-15H,9H2,1-2H3,(H,21,23)/t14-,15+/m1/s1. The number of aromatic nitrogens is 1. The first-order chi connectivity index (χ1) is 11.5. The van der Waals surface area contributed by atoms with Crippen LogP contribution < -0.4 is 5.32 Å². The summed E-state index contributed by atoms with van der Waals surface area (Å²) >= 11 is 6.16. The molecule has 1 heterocycles. The summed E-state index contributed by atoms with van der Waals surface area (Å²) in [6.07, 6.45) is 4.35. The van der Waals surface area contributed by atoms with Gasteiger partial charge in [-0.3, -0.25) is 14.6 Å². The van der Waals surface area contributed by atoms with Gasteiger partial charge in [0.1, 0.15) is 0 Å². The lowest BCUT2D eigenvalue weighted by molar-refractivity contribution is -0.117. The average Bonchev–Trinajstić information content (AvgIpc) is 3.36. The van der Waals surface area contributed by atoms with E-state index < -0.39 is 0 Å². The van der Waals surface area contributed by atoms with Gasteiger partial charge in [-0.05, 0) is 42.2 Å². The molecule has 1 N–H and O–H groups in total. The van der Waals surface area contributed by atoms with E-state index in [1.54, 1.807) is 44.7 Å². The van der Waals surface area contributed by atoms with Gasteiger partial charge in [-0.25, -0.2) is 0 Å². The van der Waals surface area contributed by atoms with Crippen LogP contribution in [0.5, 0.6) is 0 Å². The number of hydrogen-bond donors (Lipinski definition) is 1. The van der Waals surface area contributed by atoms with Gasteiger partial charge in [-0.15, -0.1) is 0 Å². The highest BCUT2D eigenvalue weighted by molar-refractivity contribution is 6.34. The van der Waals surface area contributed by atoms with Gasteiger partial charge in [0.05, 0.1) is 10.6 Å². The summed E-state index contributed by atoms with van der Waals surface area (Å²) in [5, 5.41) is 3.20. The normalized spacial score (nSPS) is 18.8. The molecular weight excluding hydrogens is 326 g/mol. The van der Waals surface area contributed by atoms with Gasteiger partial charge in [0.15, 0.2) is 0 Å². The molecule has 0 radical (unpaired) electrons. The molecule has 5 nitrogen and oxygen atoms in total. The summed E-state index contributed by atoms with van der Waals surface area (Å²) in [4.78, 5) is 29.9. The highest BCUT2D eigenvalue weighted by atomic mass is 35.5. The van der Waals surface area contributed by atoms with Gasteiger partial charge in [0.25, 0.3) is 5.91 Å². The molecule has 2 aromatic rings. The Morgan fingerprint density at radius 2 is 2.08 bits per heavy atom. The van der Waals surface area contributed by atoms with Crippen LogP contribution in [0.3, 0.4) is 0 Å². The SMILES string of the molecule is CN(C)C(=O)c1ccc(NC(=O)[C@H]2C[C@@H]2c2cccnc2)cc1Cl. The van der Waals surface area contributed by atoms with Crippen LogP contribution in [0.25, 0.3) is 0 Å². The van der Waals surface area contributed by atoms with Gasteiger partial charge in [-0.1, -0.05) is 17.7 Å². The molecule has 2 atom stereocenters. The minimum atomic E-state index is -0.170. The fourth-order valence-corrected chi connectivity index (χ4v) is 2.95. The van der Waals surface area contributed by atoms with Gasteiger partial charge >= 0.3 is 0 Å². The molecule has 0 bridgehead atoms. The zero-order valence-corrected chi connectivity index (χ0v) is 14.2. The Morgan fingerprint density at radius 1 is 1.29 bits per heavy atom. The molecule has 124 valence electrons. The van der Waals surface area contributed by atoms with Crippen LogP contribution in [0.4, 0.5) is 5.69 Å². The van der Waals surface area contributed by atoms with E-state index in [-0.39, 0.29) is 23.7 Å². The third-order valence-electron chi connectivity index (χ3n) is 4.11. The van der Waals surface area contributed by atoms with Crippen LogP contribution in [0.2, 0.25) is 5.02 Å². The van der Waals surface area contributed by atoms with Crippen molar-refractivity contribution >= 4 is 29.1 Å². The highest BCUT2D eigenvalue weighted by Crippen LogP contribution is 2.47. The van der Waals surface area contributed by atoms with E-state index in [9.17, 15) is 9.59 Å². The summed E-state index contributed by atoms with van der Waals surface area (Å²) < 4.78 is 0. The summed E-state index contributed by atoms with van der Waals surface area (Å²) in [5.41, 5.74) is 2.10. The quantitative estimate of drug-likeness (QED) is 0.927. The van der Waals surface area contributed by atoms with Crippen LogP contribution in [0.1, 0.15) is 28.3 Å². The zero-order chi connectivity index (χ0) is 17.3. The zero-order valence-electron chi connectivity index (χ0n) is 13.5. The molecule has 0 saturated heterocycles. The molecular formula is C18H18ClN3O2. The number of nitrogens with one attached hydrogen (secondary N) is 1. The fourth-order valence-electron chi connectivity index (χ4n) is 2.69. The Bertz CT molecular complexity index is 777. The van der Waals surface area contributed by atoms with Crippen molar-refractivity contribution in [3.8, 4) is 0 Å². The van der Waals surface area contributed by atoms with Crippen molar-refractivity contribution in [2.45, 2.75) is 12.3 Å². The van der Waals surface area contributed by atoms with Crippen molar-refractivity contribution in [1.29, 1.82) is 0 Å². The Kier molecular flexibility index (Phi) is 4.53. The summed E-state index contributed by atoms with van der Waals surface area (Å²) in [6, 6.07) is 8.80. The van der Waals surface area contributed by atoms with Gasteiger partial charge in [-0.2, -0.15) is 0 Å². The number of nitrogens with zero attached hydrogens (tertiary/aromatic N) is 2. The minimum absolute atomic E-state index is 0.0356. The lowest BCUT2D eigenvalue weighted by Gasteiger charge is -2.12. The molecule has 1 fully saturated rings. The Labute approximate surface area is 145 Å². The van der Waals surface area contributed by atoms with Crippen molar-refractivity contribution in [1.82, 2.24) is 9.88 Å². The van der Waals surface area contributed by atoms with Crippen molar-refractivity contribution in [3.63, 3.8) is 0 Å². The van der Waals surface area contributed by atoms with Crippen molar-refractivity contribution in [2.75, 3.05) is 19.4 Å². The van der Waals surface area contributed by atoms with E-state index in [0.29, 0.717) is 16.3 Å². The number of benzene rings is 1. The molecule has 1 aromatic carbocycles. The second-order valence-electron chi connectivity index (χ2n) is 6.12. The summed E-state index contributed by atoms with van der Waals surface area (Å²) in [6.45, 7) is 0. The van der Waals surface area contributed by atoms with E-state index in [0.717, 1.165) is 12.0 Å². The number of halogens is 1. The lowest BCUT2D eigenvalue weighted by atomic mass is 10.1. The molecule has 1 saturated carbocycles. The molecule has 24 heavy (non-hydrogen) atoms. The molecule has 6 heteroatoms. The Morgan fingerprint density at radius 3 is 2.71 bits per heavy atom. The Balaban J connectivity index is 1.66. The molecule has 3 rings (SSSR count). The molecule has 0 unspecified atom stereocenters. The van der Waals surface area contributed by atoms with Gasteiger partial charge in [0.2, 0.25) is 5.91 Å². The molecule has 1 aliphatic carbocycles. The molecule has 0 aliphatic heterocycles. The number of pyridine rings is 1. The smallest absolute Gasteiger partial charge is 0.254 e. The number of anilines is 1. The number of amides is 2. The molecule has 2 amide bonds. The van der Waals surface area contributed by atoms with Gasteiger partial charge in [0, 0.05) is 38.1 Å². The fraction of sp³-hybridized carbons (Fsp3) is 0.278. The van der Waals surface area contributed by atoms with Crippen LogP contribution in [0, 0.1) is 5.92 Å². The third-order valence-corrected chi connectivity index (χ3v) is 4.43. The topological polar surface area (TPSA) is 62.3 Å². The van der Waals surface area contributed by atoms with E-state index in [2.05, 4.69) is 10.3 Å².